The highest BCUT2D eigenvalue weighted by Crippen LogP contribution is 2.22. The summed E-state index contributed by atoms with van der Waals surface area (Å²) in [6.07, 6.45) is 3.93. The summed E-state index contributed by atoms with van der Waals surface area (Å²) in [7, 11) is 0. The number of aromatic nitrogens is 2. The third kappa shape index (κ3) is 3.02. The van der Waals surface area contributed by atoms with Crippen LogP contribution in [-0.4, -0.2) is 9.55 Å². The van der Waals surface area contributed by atoms with Gasteiger partial charge in [0.05, 0.1) is 0 Å². The average molecular weight is 388 g/mol. The fourth-order valence-corrected chi connectivity index (χ4v) is 2.92. The van der Waals surface area contributed by atoms with Gasteiger partial charge in [-0.15, -0.1) is 0 Å². The predicted octanol–water partition coefficient (Wildman–Crippen LogP) is 4.82. The van der Waals surface area contributed by atoms with Gasteiger partial charge in [-0.25, -0.2) is 4.98 Å². The van der Waals surface area contributed by atoms with E-state index < -0.39 is 0 Å². The molecule has 3 rings (SSSR count). The Bertz CT molecular complexity index is 737. The van der Waals surface area contributed by atoms with Crippen LogP contribution in [0.15, 0.2) is 54.9 Å². The second kappa shape index (κ2) is 6.02. The third-order valence-electron chi connectivity index (χ3n) is 3.79. The maximum atomic E-state index is 4.53. The molecule has 0 aliphatic rings. The highest BCUT2D eigenvalue weighted by Gasteiger charge is 2.09. The molecule has 2 nitrogen and oxygen atoms in total. The first-order chi connectivity index (χ1) is 10.1. The van der Waals surface area contributed by atoms with Crippen molar-refractivity contribution in [1.29, 1.82) is 0 Å². The normalized spacial score (nSPS) is 10.8. The largest absolute Gasteiger partial charge is 0.327 e. The molecule has 0 saturated carbocycles. The number of rotatable bonds is 3. The summed E-state index contributed by atoms with van der Waals surface area (Å²) in [5.74, 6) is 1.02. The first kappa shape index (κ1) is 14.3. The van der Waals surface area contributed by atoms with E-state index in [2.05, 4.69) is 94.7 Å². The van der Waals surface area contributed by atoms with Gasteiger partial charge in [-0.3, -0.25) is 0 Å². The Kier molecular flexibility index (Phi) is 4.10. The summed E-state index contributed by atoms with van der Waals surface area (Å²) in [4.78, 5) is 4.53. The van der Waals surface area contributed by atoms with Gasteiger partial charge in [0.15, 0.2) is 0 Å². The monoisotopic (exact) mass is 388 g/mol. The number of nitrogens with zero attached hydrogens (tertiary/aromatic N) is 2. The van der Waals surface area contributed by atoms with Crippen molar-refractivity contribution in [3.63, 3.8) is 0 Å². The van der Waals surface area contributed by atoms with Crippen LogP contribution in [-0.2, 0) is 6.54 Å². The van der Waals surface area contributed by atoms with E-state index in [9.17, 15) is 0 Å². The van der Waals surface area contributed by atoms with Gasteiger partial charge in [-0.1, -0.05) is 30.3 Å². The van der Waals surface area contributed by atoms with Gasteiger partial charge in [0, 0.05) is 28.1 Å². The van der Waals surface area contributed by atoms with E-state index in [0.29, 0.717) is 0 Å². The molecule has 0 amide bonds. The summed E-state index contributed by atoms with van der Waals surface area (Å²) in [6.45, 7) is 5.20. The van der Waals surface area contributed by atoms with E-state index in [4.69, 9.17) is 0 Å². The van der Waals surface area contributed by atoms with E-state index in [1.165, 1.54) is 20.3 Å². The summed E-state index contributed by atoms with van der Waals surface area (Å²) >= 11 is 2.32. The van der Waals surface area contributed by atoms with E-state index in [1.54, 1.807) is 0 Å². The molecule has 3 aromatic rings. The molecular weight excluding hydrogens is 371 g/mol. The predicted molar refractivity (Wildman–Crippen MR) is 95.4 cm³/mol. The van der Waals surface area contributed by atoms with Gasteiger partial charge in [0.2, 0.25) is 0 Å². The van der Waals surface area contributed by atoms with Crippen LogP contribution in [0.25, 0.3) is 11.4 Å². The number of aryl methyl sites for hydroxylation is 2. The Morgan fingerprint density at radius 3 is 2.33 bits per heavy atom. The van der Waals surface area contributed by atoms with Gasteiger partial charge in [0.25, 0.3) is 0 Å². The van der Waals surface area contributed by atoms with Crippen LogP contribution in [0.2, 0.25) is 0 Å². The second-order valence-corrected chi connectivity index (χ2v) is 6.50. The Morgan fingerprint density at radius 1 is 1.00 bits per heavy atom. The molecule has 0 radical (unpaired) electrons. The highest BCUT2D eigenvalue weighted by atomic mass is 127. The number of hydrogen-bond donors (Lipinski definition) is 0. The van der Waals surface area contributed by atoms with Gasteiger partial charge in [-0.2, -0.15) is 0 Å². The molecule has 106 valence electrons. The summed E-state index contributed by atoms with van der Waals surface area (Å²) in [5.41, 5.74) is 5.20. The van der Waals surface area contributed by atoms with Crippen LogP contribution in [0.1, 0.15) is 16.7 Å². The van der Waals surface area contributed by atoms with E-state index in [0.717, 1.165) is 17.9 Å². The quantitative estimate of drug-likeness (QED) is 0.589. The Hall–Kier alpha value is -1.62. The lowest BCUT2D eigenvalue weighted by Crippen LogP contribution is -2.04. The molecular formula is C18H17IN2. The van der Waals surface area contributed by atoms with Crippen molar-refractivity contribution in [2.45, 2.75) is 20.4 Å². The van der Waals surface area contributed by atoms with E-state index in [-0.39, 0.29) is 0 Å². The van der Waals surface area contributed by atoms with Crippen molar-refractivity contribution in [2.75, 3.05) is 0 Å². The molecule has 0 aliphatic heterocycles. The van der Waals surface area contributed by atoms with Gasteiger partial charge in [-0.05, 0) is 65.3 Å². The number of benzene rings is 2. The summed E-state index contributed by atoms with van der Waals surface area (Å²) in [5, 5.41) is 0. The van der Waals surface area contributed by atoms with Crippen LogP contribution < -0.4 is 0 Å². The van der Waals surface area contributed by atoms with E-state index in [1.807, 2.05) is 6.20 Å². The Morgan fingerprint density at radius 2 is 1.67 bits per heavy atom. The van der Waals surface area contributed by atoms with Crippen molar-refractivity contribution in [2.24, 2.45) is 0 Å². The second-order valence-electron chi connectivity index (χ2n) is 5.26. The zero-order chi connectivity index (χ0) is 14.8. The zero-order valence-electron chi connectivity index (χ0n) is 12.2. The summed E-state index contributed by atoms with van der Waals surface area (Å²) < 4.78 is 3.46. The number of hydrogen-bond acceptors (Lipinski definition) is 1. The minimum atomic E-state index is 0.861. The maximum Gasteiger partial charge on any atom is 0.140 e. The molecule has 0 aliphatic carbocycles. The minimum absolute atomic E-state index is 0.861. The van der Waals surface area contributed by atoms with Crippen molar-refractivity contribution >= 4 is 22.6 Å². The molecule has 0 spiro atoms. The molecule has 0 bridgehead atoms. The van der Waals surface area contributed by atoms with E-state index >= 15 is 0 Å². The molecule has 1 heterocycles. The lowest BCUT2D eigenvalue weighted by Gasteiger charge is -2.13. The topological polar surface area (TPSA) is 17.8 Å². The molecule has 0 N–H and O–H groups in total. The van der Waals surface area contributed by atoms with Gasteiger partial charge >= 0.3 is 0 Å². The molecule has 3 heteroatoms. The molecule has 0 saturated heterocycles. The molecule has 0 fully saturated rings. The molecule has 0 atom stereocenters. The fourth-order valence-electron chi connectivity index (χ4n) is 2.56. The maximum absolute atomic E-state index is 4.53. The molecule has 2 aromatic carbocycles. The molecule has 21 heavy (non-hydrogen) atoms. The van der Waals surface area contributed by atoms with Crippen molar-refractivity contribution in [1.82, 2.24) is 9.55 Å². The SMILES string of the molecule is Cc1cccc(C)c1Cn1ccnc1-c1ccc(I)cc1. The smallest absolute Gasteiger partial charge is 0.140 e. The summed E-state index contributed by atoms with van der Waals surface area (Å²) in [6, 6.07) is 15.0. The standard InChI is InChI=1S/C18H17IN2/c1-13-4-3-5-14(2)17(13)12-21-11-10-20-18(21)15-6-8-16(19)9-7-15/h3-11H,12H2,1-2H3. The van der Waals surface area contributed by atoms with Crippen LogP contribution in [0.5, 0.6) is 0 Å². The lowest BCUT2D eigenvalue weighted by molar-refractivity contribution is 0.796. The van der Waals surface area contributed by atoms with Crippen molar-refractivity contribution in [3.05, 3.63) is 75.1 Å². The molecule has 1 aromatic heterocycles. The highest BCUT2D eigenvalue weighted by molar-refractivity contribution is 14.1. The van der Waals surface area contributed by atoms with Gasteiger partial charge < -0.3 is 4.57 Å². The fraction of sp³-hybridized carbons (Fsp3) is 0.167. The third-order valence-corrected chi connectivity index (χ3v) is 4.51. The average Bonchev–Trinajstić information content (AvgIpc) is 2.92. The van der Waals surface area contributed by atoms with Crippen molar-refractivity contribution < 1.29 is 0 Å². The number of halogens is 1. The van der Waals surface area contributed by atoms with Crippen LogP contribution in [0.3, 0.4) is 0 Å². The van der Waals surface area contributed by atoms with Crippen LogP contribution in [0.4, 0.5) is 0 Å². The zero-order valence-corrected chi connectivity index (χ0v) is 14.3. The first-order valence-corrected chi connectivity index (χ1v) is 8.05. The first-order valence-electron chi connectivity index (χ1n) is 6.97. The van der Waals surface area contributed by atoms with Gasteiger partial charge in [0.1, 0.15) is 5.82 Å². The van der Waals surface area contributed by atoms with Crippen molar-refractivity contribution in [3.8, 4) is 11.4 Å². The Labute approximate surface area is 139 Å². The molecule has 0 unspecified atom stereocenters. The minimum Gasteiger partial charge on any atom is -0.327 e. The lowest BCUT2D eigenvalue weighted by atomic mass is 10.0. The van der Waals surface area contributed by atoms with Crippen LogP contribution >= 0.6 is 22.6 Å². The number of imidazole rings is 1. The Balaban J connectivity index is 1.98. The van der Waals surface area contributed by atoms with Crippen LogP contribution in [0, 0.1) is 17.4 Å².